The lowest BCUT2D eigenvalue weighted by molar-refractivity contribution is 0.660. The van der Waals surface area contributed by atoms with E-state index in [1.54, 1.807) is 11.8 Å². The molecule has 62 heavy (non-hydrogen) atoms. The van der Waals surface area contributed by atoms with Crippen molar-refractivity contribution in [1.82, 2.24) is 19.1 Å². The maximum absolute atomic E-state index is 5.43. The fraction of sp³-hybridized carbons (Fsp3) is 0.0526. The molecule has 0 unspecified atom stereocenters. The van der Waals surface area contributed by atoms with Crippen LogP contribution in [0.25, 0.3) is 110 Å². The Bertz CT molecular complexity index is 3940. The van der Waals surface area contributed by atoms with Gasteiger partial charge in [0.05, 0.1) is 33.3 Å². The molecular weight excluding hydrogens is 773 g/mol. The van der Waals surface area contributed by atoms with Crippen LogP contribution in [0.4, 0.5) is 0 Å². The lowest BCUT2D eigenvalue weighted by Crippen LogP contribution is -2.14. The Morgan fingerprint density at radius 2 is 1.11 bits per heavy atom. The fourth-order valence-corrected chi connectivity index (χ4v) is 11.9. The number of rotatable bonds is 3. The Labute approximate surface area is 361 Å². The number of benzene rings is 9. The fourth-order valence-electron chi connectivity index (χ4n) is 10.8. The van der Waals surface area contributed by atoms with Gasteiger partial charge in [-0.2, -0.15) is 0 Å². The molecule has 0 radical (unpaired) electrons. The van der Waals surface area contributed by atoms with E-state index in [9.17, 15) is 0 Å². The molecule has 0 amide bonds. The van der Waals surface area contributed by atoms with Gasteiger partial charge in [-0.25, -0.2) is 9.97 Å². The molecule has 0 bridgehead atoms. The summed E-state index contributed by atoms with van der Waals surface area (Å²) in [7, 11) is 0. The summed E-state index contributed by atoms with van der Waals surface area (Å²) in [5, 5.41) is 8.43. The van der Waals surface area contributed by atoms with Crippen molar-refractivity contribution in [2.75, 3.05) is 0 Å². The molecule has 0 N–H and O–H groups in total. The second kappa shape index (κ2) is 12.3. The van der Waals surface area contributed by atoms with E-state index < -0.39 is 0 Å². The standard InChI is InChI=1S/C57H36N4S/c1-57(2)45-17-8-5-14-38(45)42-32-37(24-26-46(42)57)60-49-27-23-35(29-43(49)44-28-33-12-3-4-13-34(33)30-51(44)60)36-22-25-40-39-15-6-9-19-48(39)61(50(40)31-36)56-58-47-18-11-21-53-54(47)55(59-56)41-16-7-10-20-52(41)62-53/h3-32H,1-2H3. The van der Waals surface area contributed by atoms with Crippen molar-refractivity contribution in [3.8, 4) is 45.1 Å². The molecule has 4 heterocycles. The second-order valence-corrected chi connectivity index (χ2v) is 18.5. The molecule has 0 atom stereocenters. The molecule has 12 aromatic rings. The quantitative estimate of drug-likeness (QED) is 0.178. The molecule has 1 aliphatic heterocycles. The minimum atomic E-state index is -0.0474. The van der Waals surface area contributed by atoms with E-state index in [0.717, 1.165) is 44.3 Å². The van der Waals surface area contributed by atoms with Crippen LogP contribution in [-0.4, -0.2) is 19.1 Å². The molecule has 0 spiro atoms. The SMILES string of the molecule is CC1(C)c2ccccc2-c2cc(-n3c4ccc(-c5ccc6c7ccccc7n(-c7nc8c9c(cccc9n7)Sc7ccccc7-8)c6c5)cc4c4cc5ccccc5cc43)ccc21. The van der Waals surface area contributed by atoms with E-state index in [4.69, 9.17) is 9.97 Å². The topological polar surface area (TPSA) is 35.6 Å². The molecule has 5 heteroatoms. The predicted molar refractivity (Wildman–Crippen MR) is 258 cm³/mol. The van der Waals surface area contributed by atoms with E-state index in [1.807, 2.05) is 0 Å². The van der Waals surface area contributed by atoms with Gasteiger partial charge in [0.25, 0.3) is 0 Å². The lowest BCUT2D eigenvalue weighted by atomic mass is 9.82. The Hall–Kier alpha value is -7.47. The monoisotopic (exact) mass is 808 g/mol. The number of nitrogens with zero attached hydrogens (tertiary/aromatic N) is 4. The van der Waals surface area contributed by atoms with Crippen LogP contribution in [0.1, 0.15) is 25.0 Å². The van der Waals surface area contributed by atoms with Gasteiger partial charge in [-0.1, -0.05) is 141 Å². The number of fused-ring (bicyclic) bond motifs is 12. The zero-order valence-electron chi connectivity index (χ0n) is 34.0. The third kappa shape index (κ3) is 4.63. The predicted octanol–water partition coefficient (Wildman–Crippen LogP) is 15.1. The van der Waals surface area contributed by atoms with Crippen molar-refractivity contribution in [3.05, 3.63) is 193 Å². The molecule has 14 rings (SSSR count). The summed E-state index contributed by atoms with van der Waals surface area (Å²) in [6.07, 6.45) is 0. The van der Waals surface area contributed by atoms with Gasteiger partial charge < -0.3 is 4.57 Å². The third-order valence-corrected chi connectivity index (χ3v) is 14.8. The largest absolute Gasteiger partial charge is 0.309 e. The smallest absolute Gasteiger partial charge is 0.235 e. The molecule has 1 aliphatic carbocycles. The van der Waals surface area contributed by atoms with Crippen molar-refractivity contribution in [1.29, 1.82) is 0 Å². The highest BCUT2D eigenvalue weighted by Gasteiger charge is 2.35. The Morgan fingerprint density at radius 3 is 2.03 bits per heavy atom. The van der Waals surface area contributed by atoms with Crippen molar-refractivity contribution in [2.45, 2.75) is 29.1 Å². The van der Waals surface area contributed by atoms with E-state index in [2.05, 4.69) is 205 Å². The zero-order valence-corrected chi connectivity index (χ0v) is 34.8. The van der Waals surface area contributed by atoms with Gasteiger partial charge in [-0.05, 0) is 111 Å². The number of hydrogen-bond donors (Lipinski definition) is 0. The van der Waals surface area contributed by atoms with E-state index in [0.29, 0.717) is 5.95 Å². The summed E-state index contributed by atoms with van der Waals surface area (Å²) in [5.74, 6) is 0.681. The summed E-state index contributed by atoms with van der Waals surface area (Å²) in [5.41, 5.74) is 16.5. The first kappa shape index (κ1) is 34.3. The summed E-state index contributed by atoms with van der Waals surface area (Å²) < 4.78 is 4.74. The second-order valence-electron chi connectivity index (χ2n) is 17.4. The van der Waals surface area contributed by atoms with Gasteiger partial charge in [-0.3, -0.25) is 4.57 Å². The zero-order chi connectivity index (χ0) is 40.8. The molecule has 0 saturated heterocycles. The summed E-state index contributed by atoms with van der Waals surface area (Å²) in [4.78, 5) is 13.1. The molecule has 2 aliphatic rings. The first-order valence-corrected chi connectivity index (χ1v) is 22.1. The molecular formula is C57H36N4S. The van der Waals surface area contributed by atoms with Gasteiger partial charge >= 0.3 is 0 Å². The highest BCUT2D eigenvalue weighted by Crippen LogP contribution is 2.50. The average Bonchev–Trinajstić information content (AvgIpc) is 3.90. The first-order valence-electron chi connectivity index (χ1n) is 21.3. The van der Waals surface area contributed by atoms with E-state index >= 15 is 0 Å². The van der Waals surface area contributed by atoms with Crippen molar-refractivity contribution < 1.29 is 0 Å². The summed E-state index contributed by atoms with van der Waals surface area (Å²) >= 11 is 1.80. The Balaban J connectivity index is 0.988. The van der Waals surface area contributed by atoms with Crippen LogP contribution in [0.3, 0.4) is 0 Å². The van der Waals surface area contributed by atoms with Crippen LogP contribution in [0.5, 0.6) is 0 Å². The molecule has 0 saturated carbocycles. The van der Waals surface area contributed by atoms with Crippen LogP contribution < -0.4 is 0 Å². The Morgan fingerprint density at radius 1 is 0.435 bits per heavy atom. The van der Waals surface area contributed by atoms with Crippen molar-refractivity contribution in [2.24, 2.45) is 0 Å². The Kier molecular flexibility index (Phi) is 6.80. The molecule has 9 aromatic carbocycles. The third-order valence-electron chi connectivity index (χ3n) is 13.7. The van der Waals surface area contributed by atoms with Crippen LogP contribution in [0.2, 0.25) is 0 Å². The highest BCUT2D eigenvalue weighted by atomic mass is 32.2. The van der Waals surface area contributed by atoms with Crippen LogP contribution in [0.15, 0.2) is 192 Å². The van der Waals surface area contributed by atoms with Gasteiger partial charge in [0, 0.05) is 53.4 Å². The maximum atomic E-state index is 5.43. The van der Waals surface area contributed by atoms with Crippen LogP contribution in [0, 0.1) is 0 Å². The van der Waals surface area contributed by atoms with E-state index in [1.165, 1.54) is 81.1 Å². The van der Waals surface area contributed by atoms with E-state index in [-0.39, 0.29) is 5.41 Å². The normalized spacial score (nSPS) is 13.7. The van der Waals surface area contributed by atoms with Gasteiger partial charge in [-0.15, -0.1) is 0 Å². The van der Waals surface area contributed by atoms with Gasteiger partial charge in [0.1, 0.15) is 0 Å². The molecule has 3 aromatic heterocycles. The number of aromatic nitrogens is 4. The average molecular weight is 809 g/mol. The van der Waals surface area contributed by atoms with Gasteiger partial charge in [0.15, 0.2) is 0 Å². The summed E-state index contributed by atoms with van der Waals surface area (Å²) in [6, 6.07) is 67.1. The minimum absolute atomic E-state index is 0.0474. The first-order chi connectivity index (χ1) is 30.5. The lowest BCUT2D eigenvalue weighted by Gasteiger charge is -2.21. The molecule has 0 fully saturated rings. The van der Waals surface area contributed by atoms with Crippen LogP contribution >= 0.6 is 11.8 Å². The highest BCUT2D eigenvalue weighted by molar-refractivity contribution is 7.99. The maximum Gasteiger partial charge on any atom is 0.235 e. The van der Waals surface area contributed by atoms with Crippen LogP contribution in [-0.2, 0) is 5.41 Å². The van der Waals surface area contributed by atoms with Crippen molar-refractivity contribution >= 4 is 77.0 Å². The molecule has 290 valence electrons. The number of hydrogen-bond acceptors (Lipinski definition) is 3. The number of para-hydroxylation sites is 1. The summed E-state index contributed by atoms with van der Waals surface area (Å²) in [6.45, 7) is 4.70. The molecule has 4 nitrogen and oxygen atoms in total. The van der Waals surface area contributed by atoms with Crippen molar-refractivity contribution in [3.63, 3.8) is 0 Å². The minimum Gasteiger partial charge on any atom is -0.309 e. The van der Waals surface area contributed by atoms with Gasteiger partial charge in [0.2, 0.25) is 5.95 Å².